The molecule has 1 heterocycles. The maximum atomic E-state index is 13.2. The zero-order chi connectivity index (χ0) is 15.6. The molecule has 0 aliphatic heterocycles. The molecule has 0 spiro atoms. The van der Waals surface area contributed by atoms with Gasteiger partial charge in [0.05, 0.1) is 9.95 Å². The first-order valence-electron chi connectivity index (χ1n) is 5.58. The smallest absolute Gasteiger partial charge is 0.311 e. The first kappa shape index (κ1) is 15.3. The fourth-order valence-corrected chi connectivity index (χ4v) is 2.01. The Labute approximate surface area is 128 Å². The number of nitro benzene ring substituents is 1. The van der Waals surface area contributed by atoms with Gasteiger partial charge in [-0.2, -0.15) is 4.98 Å². The standard InChI is InChI=1S/C12H8Cl2FN3O3/c1-16-11-7(13)5-8(14)12(17-11)21-10-4-6(15)2-3-9(10)18(19)20/h2-5H,1H3,(H,16,17). The molecule has 0 bridgehead atoms. The highest BCUT2D eigenvalue weighted by Gasteiger charge is 2.19. The van der Waals surface area contributed by atoms with Crippen LogP contribution in [0.15, 0.2) is 24.3 Å². The van der Waals surface area contributed by atoms with Gasteiger partial charge in [0, 0.05) is 19.2 Å². The predicted octanol–water partition coefficient (Wildman–Crippen LogP) is 4.27. The number of halogens is 3. The van der Waals surface area contributed by atoms with E-state index in [9.17, 15) is 14.5 Å². The lowest BCUT2D eigenvalue weighted by molar-refractivity contribution is -0.385. The number of pyridine rings is 1. The Morgan fingerprint density at radius 2 is 2.05 bits per heavy atom. The molecule has 0 saturated heterocycles. The van der Waals surface area contributed by atoms with E-state index in [-0.39, 0.29) is 27.5 Å². The van der Waals surface area contributed by atoms with Crippen LogP contribution in [0.25, 0.3) is 0 Å². The van der Waals surface area contributed by atoms with Gasteiger partial charge in [-0.05, 0) is 12.1 Å². The first-order valence-corrected chi connectivity index (χ1v) is 6.33. The van der Waals surface area contributed by atoms with Gasteiger partial charge in [0.25, 0.3) is 0 Å². The second-order valence-electron chi connectivity index (χ2n) is 3.83. The molecule has 0 amide bonds. The van der Waals surface area contributed by atoms with E-state index in [1.807, 2.05) is 0 Å². The Morgan fingerprint density at radius 3 is 2.67 bits per heavy atom. The van der Waals surface area contributed by atoms with E-state index in [1.165, 1.54) is 6.07 Å². The molecule has 1 aromatic heterocycles. The molecule has 9 heteroatoms. The Balaban J connectivity index is 2.47. The zero-order valence-corrected chi connectivity index (χ0v) is 12.1. The molecule has 0 aliphatic carbocycles. The Bertz CT molecular complexity index is 712. The molecule has 0 atom stereocenters. The van der Waals surface area contributed by atoms with Crippen molar-refractivity contribution in [3.63, 3.8) is 0 Å². The monoisotopic (exact) mass is 331 g/mol. The number of benzene rings is 1. The van der Waals surface area contributed by atoms with Crippen molar-refractivity contribution in [3.05, 3.63) is 50.2 Å². The summed E-state index contributed by atoms with van der Waals surface area (Å²) in [7, 11) is 1.58. The van der Waals surface area contributed by atoms with Crippen LogP contribution in [-0.4, -0.2) is 17.0 Å². The number of aromatic nitrogens is 1. The van der Waals surface area contributed by atoms with Crippen LogP contribution < -0.4 is 10.1 Å². The van der Waals surface area contributed by atoms with E-state index < -0.39 is 16.4 Å². The third-order valence-corrected chi connectivity index (χ3v) is 3.02. The second kappa shape index (κ2) is 6.11. The average Bonchev–Trinajstić information content (AvgIpc) is 2.41. The Hall–Kier alpha value is -2.12. The van der Waals surface area contributed by atoms with E-state index in [2.05, 4.69) is 10.3 Å². The molecule has 21 heavy (non-hydrogen) atoms. The third kappa shape index (κ3) is 3.32. The summed E-state index contributed by atoms with van der Waals surface area (Å²) in [6.07, 6.45) is 0. The van der Waals surface area contributed by atoms with Crippen molar-refractivity contribution in [2.45, 2.75) is 0 Å². The van der Waals surface area contributed by atoms with E-state index in [0.717, 1.165) is 18.2 Å². The van der Waals surface area contributed by atoms with Gasteiger partial charge < -0.3 is 10.1 Å². The summed E-state index contributed by atoms with van der Waals surface area (Å²) in [4.78, 5) is 14.2. The highest BCUT2D eigenvalue weighted by atomic mass is 35.5. The Morgan fingerprint density at radius 1 is 1.33 bits per heavy atom. The summed E-state index contributed by atoms with van der Waals surface area (Å²) in [5.41, 5.74) is -0.407. The molecule has 0 fully saturated rings. The van der Waals surface area contributed by atoms with Gasteiger partial charge >= 0.3 is 5.69 Å². The molecule has 2 aromatic rings. The number of hydrogen-bond acceptors (Lipinski definition) is 5. The first-order chi connectivity index (χ1) is 9.92. The normalized spacial score (nSPS) is 10.3. The summed E-state index contributed by atoms with van der Waals surface area (Å²) in [6.45, 7) is 0. The van der Waals surface area contributed by atoms with Crippen molar-refractivity contribution in [3.8, 4) is 11.6 Å². The highest BCUT2D eigenvalue weighted by molar-refractivity contribution is 6.36. The molecule has 2 rings (SSSR count). The summed E-state index contributed by atoms with van der Waals surface area (Å²) in [6, 6.07) is 4.20. The van der Waals surface area contributed by atoms with Crippen molar-refractivity contribution >= 4 is 34.7 Å². The molecular formula is C12H8Cl2FN3O3. The lowest BCUT2D eigenvalue weighted by Gasteiger charge is -2.10. The predicted molar refractivity (Wildman–Crippen MR) is 76.9 cm³/mol. The molecule has 0 radical (unpaired) electrons. The van der Waals surface area contributed by atoms with E-state index >= 15 is 0 Å². The van der Waals surface area contributed by atoms with Crippen LogP contribution in [0.2, 0.25) is 10.0 Å². The minimum absolute atomic E-state index is 0.0394. The molecule has 6 nitrogen and oxygen atoms in total. The highest BCUT2D eigenvalue weighted by Crippen LogP contribution is 2.36. The number of nitro groups is 1. The van der Waals surface area contributed by atoms with Crippen LogP contribution in [0.5, 0.6) is 11.6 Å². The average molecular weight is 332 g/mol. The second-order valence-corrected chi connectivity index (χ2v) is 4.64. The summed E-state index contributed by atoms with van der Waals surface area (Å²) in [5, 5.41) is 13.9. The van der Waals surface area contributed by atoms with Gasteiger partial charge in [0.2, 0.25) is 11.6 Å². The van der Waals surface area contributed by atoms with Crippen molar-refractivity contribution < 1.29 is 14.1 Å². The van der Waals surface area contributed by atoms with Crippen LogP contribution >= 0.6 is 23.2 Å². The van der Waals surface area contributed by atoms with Crippen LogP contribution in [0.4, 0.5) is 15.9 Å². The fourth-order valence-electron chi connectivity index (χ4n) is 1.52. The lowest BCUT2D eigenvalue weighted by Crippen LogP contribution is -1.99. The van der Waals surface area contributed by atoms with E-state index in [1.54, 1.807) is 7.05 Å². The van der Waals surface area contributed by atoms with Crippen LogP contribution in [-0.2, 0) is 0 Å². The third-order valence-electron chi connectivity index (χ3n) is 2.46. The zero-order valence-electron chi connectivity index (χ0n) is 10.6. The molecule has 0 saturated carbocycles. The van der Waals surface area contributed by atoms with Crippen molar-refractivity contribution in [2.24, 2.45) is 0 Å². The topological polar surface area (TPSA) is 77.3 Å². The van der Waals surface area contributed by atoms with Gasteiger partial charge in [0.1, 0.15) is 16.7 Å². The van der Waals surface area contributed by atoms with Gasteiger partial charge in [-0.1, -0.05) is 23.2 Å². The summed E-state index contributed by atoms with van der Waals surface area (Å²) in [5.74, 6) is -0.845. The number of nitrogens with zero attached hydrogens (tertiary/aromatic N) is 2. The van der Waals surface area contributed by atoms with Gasteiger partial charge in [-0.3, -0.25) is 10.1 Å². The van der Waals surface area contributed by atoms with Crippen molar-refractivity contribution in [1.82, 2.24) is 4.98 Å². The van der Waals surface area contributed by atoms with Crippen molar-refractivity contribution in [1.29, 1.82) is 0 Å². The molecule has 1 aromatic carbocycles. The number of hydrogen-bond donors (Lipinski definition) is 1. The number of rotatable bonds is 4. The number of anilines is 1. The molecule has 1 N–H and O–H groups in total. The lowest BCUT2D eigenvalue weighted by atomic mass is 10.3. The number of nitrogens with one attached hydrogen (secondary N) is 1. The van der Waals surface area contributed by atoms with Crippen molar-refractivity contribution in [2.75, 3.05) is 12.4 Å². The molecular weight excluding hydrogens is 324 g/mol. The molecule has 110 valence electrons. The largest absolute Gasteiger partial charge is 0.430 e. The SMILES string of the molecule is CNc1nc(Oc2cc(F)ccc2[N+](=O)[O-])c(Cl)cc1Cl. The van der Waals surface area contributed by atoms with Crippen LogP contribution in [0.1, 0.15) is 0 Å². The minimum atomic E-state index is -0.697. The molecule has 0 unspecified atom stereocenters. The van der Waals surface area contributed by atoms with Gasteiger partial charge in [0.15, 0.2) is 0 Å². The number of ether oxygens (including phenoxy) is 1. The van der Waals surface area contributed by atoms with Gasteiger partial charge in [-0.25, -0.2) is 4.39 Å². The Kier molecular flexibility index (Phi) is 4.44. The quantitative estimate of drug-likeness (QED) is 0.668. The summed E-state index contributed by atoms with van der Waals surface area (Å²) >= 11 is 11.8. The maximum absolute atomic E-state index is 13.2. The van der Waals surface area contributed by atoms with Gasteiger partial charge in [-0.15, -0.1) is 0 Å². The van der Waals surface area contributed by atoms with Crippen LogP contribution in [0, 0.1) is 15.9 Å². The van der Waals surface area contributed by atoms with Crippen LogP contribution in [0.3, 0.4) is 0 Å². The van der Waals surface area contributed by atoms with E-state index in [0.29, 0.717) is 0 Å². The fraction of sp³-hybridized carbons (Fsp3) is 0.0833. The maximum Gasteiger partial charge on any atom is 0.311 e. The molecule has 0 aliphatic rings. The summed E-state index contributed by atoms with van der Waals surface area (Å²) < 4.78 is 18.5. The minimum Gasteiger partial charge on any atom is -0.430 e. The van der Waals surface area contributed by atoms with E-state index in [4.69, 9.17) is 27.9 Å².